The number of aromatic nitrogens is 4. The number of amides is 1. The minimum atomic E-state index is -0.223. The minimum Gasteiger partial charge on any atom is -0.332 e. The lowest BCUT2D eigenvalue weighted by Crippen LogP contribution is -2.18. The third-order valence-electron chi connectivity index (χ3n) is 3.87. The van der Waals surface area contributed by atoms with Gasteiger partial charge in [0.05, 0.1) is 0 Å². The van der Waals surface area contributed by atoms with Crippen molar-refractivity contribution < 1.29 is 4.79 Å². The van der Waals surface area contributed by atoms with Gasteiger partial charge in [0.2, 0.25) is 5.95 Å². The molecule has 0 aliphatic carbocycles. The summed E-state index contributed by atoms with van der Waals surface area (Å²) in [6.45, 7) is 0.619. The molecule has 6 heteroatoms. The summed E-state index contributed by atoms with van der Waals surface area (Å²) in [5, 5.41) is 10.1. The Bertz CT molecular complexity index is 973. The highest BCUT2D eigenvalue weighted by Crippen LogP contribution is 2.22. The SMILES string of the molecule is O=C(Nc1ncn[nH]1)c1cc2ccccc2n1Cc1ccccc1. The number of nitrogens with zero attached hydrogens (tertiary/aromatic N) is 3. The Hall–Kier alpha value is -3.41. The van der Waals surface area contributed by atoms with Gasteiger partial charge >= 0.3 is 0 Å². The topological polar surface area (TPSA) is 75.6 Å². The Labute approximate surface area is 138 Å². The van der Waals surface area contributed by atoms with E-state index in [-0.39, 0.29) is 5.91 Å². The second kappa shape index (κ2) is 6.00. The van der Waals surface area contributed by atoms with Crippen molar-refractivity contribution in [2.75, 3.05) is 5.32 Å². The van der Waals surface area contributed by atoms with Crippen LogP contribution in [0, 0.1) is 0 Å². The van der Waals surface area contributed by atoms with Crippen molar-refractivity contribution in [3.8, 4) is 0 Å². The van der Waals surface area contributed by atoms with Gasteiger partial charge in [-0.05, 0) is 17.7 Å². The van der Waals surface area contributed by atoms with Crippen molar-refractivity contribution in [3.63, 3.8) is 0 Å². The van der Waals surface area contributed by atoms with Crippen LogP contribution in [0.15, 0.2) is 67.0 Å². The first-order valence-electron chi connectivity index (χ1n) is 7.60. The fraction of sp³-hybridized carbons (Fsp3) is 0.0556. The normalized spacial score (nSPS) is 10.8. The van der Waals surface area contributed by atoms with Crippen LogP contribution in [0.4, 0.5) is 5.95 Å². The summed E-state index contributed by atoms with van der Waals surface area (Å²) < 4.78 is 2.01. The Morgan fingerprint density at radius 3 is 2.67 bits per heavy atom. The Kier molecular flexibility index (Phi) is 3.55. The van der Waals surface area contributed by atoms with Gasteiger partial charge in [-0.25, -0.2) is 5.10 Å². The summed E-state index contributed by atoms with van der Waals surface area (Å²) in [6, 6.07) is 19.9. The smallest absolute Gasteiger partial charge is 0.274 e. The molecule has 0 spiro atoms. The zero-order valence-electron chi connectivity index (χ0n) is 12.8. The summed E-state index contributed by atoms with van der Waals surface area (Å²) in [6.07, 6.45) is 1.36. The van der Waals surface area contributed by atoms with Crippen molar-refractivity contribution in [1.29, 1.82) is 0 Å². The van der Waals surface area contributed by atoms with E-state index in [1.807, 2.05) is 65.2 Å². The maximum Gasteiger partial charge on any atom is 0.274 e. The quantitative estimate of drug-likeness (QED) is 0.607. The molecule has 118 valence electrons. The third-order valence-corrected chi connectivity index (χ3v) is 3.87. The Balaban J connectivity index is 1.76. The fourth-order valence-electron chi connectivity index (χ4n) is 2.77. The molecule has 2 aromatic carbocycles. The van der Waals surface area contributed by atoms with Crippen LogP contribution in [-0.4, -0.2) is 25.7 Å². The highest BCUT2D eigenvalue weighted by molar-refractivity contribution is 6.05. The van der Waals surface area contributed by atoms with Crippen LogP contribution in [0.25, 0.3) is 10.9 Å². The summed E-state index contributed by atoms with van der Waals surface area (Å²) in [5.74, 6) is 0.107. The summed E-state index contributed by atoms with van der Waals surface area (Å²) >= 11 is 0. The molecule has 24 heavy (non-hydrogen) atoms. The number of H-pyrrole nitrogens is 1. The molecule has 2 aromatic heterocycles. The van der Waals surface area contributed by atoms with E-state index >= 15 is 0 Å². The molecule has 0 unspecified atom stereocenters. The second-order valence-electron chi connectivity index (χ2n) is 5.45. The monoisotopic (exact) mass is 317 g/mol. The molecular formula is C18H15N5O. The molecule has 0 atom stereocenters. The number of carbonyl (C=O) groups is 1. The van der Waals surface area contributed by atoms with Crippen LogP contribution in [-0.2, 0) is 6.54 Å². The standard InChI is InChI=1S/C18H15N5O/c24-17(21-18-19-12-20-22-18)16-10-14-8-4-5-9-15(14)23(16)11-13-6-2-1-3-7-13/h1-10,12H,11H2,(H2,19,20,21,22,24). The van der Waals surface area contributed by atoms with Gasteiger partial charge in [0, 0.05) is 17.4 Å². The molecule has 0 radical (unpaired) electrons. The molecule has 0 aliphatic rings. The average Bonchev–Trinajstić information content (AvgIpc) is 3.24. The number of rotatable bonds is 4. The van der Waals surface area contributed by atoms with E-state index in [0.29, 0.717) is 18.2 Å². The van der Waals surface area contributed by atoms with E-state index in [1.54, 1.807) is 0 Å². The Morgan fingerprint density at radius 2 is 1.88 bits per heavy atom. The number of hydrogen-bond acceptors (Lipinski definition) is 3. The molecule has 1 amide bonds. The number of carbonyl (C=O) groups excluding carboxylic acids is 1. The third kappa shape index (κ3) is 2.65. The molecule has 2 heterocycles. The van der Waals surface area contributed by atoms with Gasteiger partial charge in [0.25, 0.3) is 5.91 Å². The number of fused-ring (bicyclic) bond motifs is 1. The number of para-hydroxylation sites is 1. The molecule has 0 saturated heterocycles. The number of anilines is 1. The van der Waals surface area contributed by atoms with Crippen molar-refractivity contribution in [1.82, 2.24) is 19.7 Å². The molecule has 0 saturated carbocycles. The molecule has 6 nitrogen and oxygen atoms in total. The highest BCUT2D eigenvalue weighted by atomic mass is 16.2. The lowest BCUT2D eigenvalue weighted by Gasteiger charge is -2.10. The lowest BCUT2D eigenvalue weighted by molar-refractivity contribution is 0.101. The zero-order chi connectivity index (χ0) is 16.4. The second-order valence-corrected chi connectivity index (χ2v) is 5.45. The lowest BCUT2D eigenvalue weighted by atomic mass is 10.2. The molecule has 4 aromatic rings. The molecular weight excluding hydrogens is 302 g/mol. The van der Waals surface area contributed by atoms with Gasteiger partial charge in [-0.15, -0.1) is 0 Å². The van der Waals surface area contributed by atoms with E-state index < -0.39 is 0 Å². The van der Waals surface area contributed by atoms with E-state index in [1.165, 1.54) is 6.33 Å². The maximum atomic E-state index is 12.7. The Morgan fingerprint density at radius 1 is 1.08 bits per heavy atom. The van der Waals surface area contributed by atoms with Crippen molar-refractivity contribution in [2.45, 2.75) is 6.54 Å². The van der Waals surface area contributed by atoms with Crippen molar-refractivity contribution in [3.05, 3.63) is 78.2 Å². The predicted molar refractivity (Wildman–Crippen MR) is 91.8 cm³/mol. The van der Waals surface area contributed by atoms with E-state index in [4.69, 9.17) is 0 Å². The number of benzene rings is 2. The summed E-state index contributed by atoms with van der Waals surface area (Å²) in [5.41, 5.74) is 2.73. The van der Waals surface area contributed by atoms with Gasteiger partial charge < -0.3 is 4.57 Å². The zero-order valence-corrected chi connectivity index (χ0v) is 12.8. The van der Waals surface area contributed by atoms with Crippen LogP contribution < -0.4 is 5.32 Å². The van der Waals surface area contributed by atoms with Crippen molar-refractivity contribution >= 4 is 22.8 Å². The predicted octanol–water partition coefficient (Wildman–Crippen LogP) is 3.06. The van der Waals surface area contributed by atoms with Crippen molar-refractivity contribution in [2.24, 2.45) is 0 Å². The van der Waals surface area contributed by atoms with E-state index in [0.717, 1.165) is 16.5 Å². The van der Waals surface area contributed by atoms with E-state index in [9.17, 15) is 4.79 Å². The summed E-state index contributed by atoms with van der Waals surface area (Å²) in [7, 11) is 0. The van der Waals surface area contributed by atoms with Crippen LogP contribution in [0.3, 0.4) is 0 Å². The average molecular weight is 317 g/mol. The highest BCUT2D eigenvalue weighted by Gasteiger charge is 2.16. The van der Waals surface area contributed by atoms with E-state index in [2.05, 4.69) is 20.5 Å². The number of aromatic amines is 1. The molecule has 4 rings (SSSR count). The maximum absolute atomic E-state index is 12.7. The van der Waals surface area contributed by atoms with Crippen LogP contribution in [0.1, 0.15) is 16.1 Å². The van der Waals surface area contributed by atoms with Crippen LogP contribution in [0.5, 0.6) is 0 Å². The minimum absolute atomic E-state index is 0.223. The fourth-order valence-corrected chi connectivity index (χ4v) is 2.77. The van der Waals surface area contributed by atoms with Crippen LogP contribution >= 0.6 is 0 Å². The number of hydrogen-bond donors (Lipinski definition) is 2. The largest absolute Gasteiger partial charge is 0.332 e. The first kappa shape index (κ1) is 14.2. The van der Waals surface area contributed by atoms with Gasteiger partial charge in [0.1, 0.15) is 12.0 Å². The molecule has 0 fully saturated rings. The van der Waals surface area contributed by atoms with Crippen LogP contribution in [0.2, 0.25) is 0 Å². The van der Waals surface area contributed by atoms with Gasteiger partial charge in [0.15, 0.2) is 0 Å². The summed E-state index contributed by atoms with van der Waals surface area (Å²) in [4.78, 5) is 16.6. The first-order chi connectivity index (χ1) is 11.8. The number of nitrogens with one attached hydrogen (secondary N) is 2. The molecule has 0 bridgehead atoms. The molecule has 2 N–H and O–H groups in total. The molecule has 0 aliphatic heterocycles. The first-order valence-corrected chi connectivity index (χ1v) is 7.60. The van der Waals surface area contributed by atoms with Gasteiger partial charge in [-0.3, -0.25) is 10.1 Å². The van der Waals surface area contributed by atoms with Gasteiger partial charge in [-0.2, -0.15) is 10.1 Å². The van der Waals surface area contributed by atoms with Gasteiger partial charge in [-0.1, -0.05) is 48.5 Å².